The van der Waals surface area contributed by atoms with Crippen LogP contribution >= 0.6 is 0 Å². The summed E-state index contributed by atoms with van der Waals surface area (Å²) >= 11 is 0. The van der Waals surface area contributed by atoms with Crippen LogP contribution in [0.15, 0.2) is 60.3 Å². The first-order valence-electron chi connectivity index (χ1n) is 7.04. The van der Waals surface area contributed by atoms with Gasteiger partial charge in [0, 0.05) is 5.57 Å². The topological polar surface area (TPSA) is 61.5 Å². The summed E-state index contributed by atoms with van der Waals surface area (Å²) in [6.45, 7) is 2.03. The molecule has 2 N–H and O–H groups in total. The van der Waals surface area contributed by atoms with Gasteiger partial charge in [-0.25, -0.2) is 4.79 Å². The van der Waals surface area contributed by atoms with E-state index in [1.807, 2.05) is 54.6 Å². The van der Waals surface area contributed by atoms with E-state index in [9.17, 15) is 4.79 Å². The van der Waals surface area contributed by atoms with Crippen molar-refractivity contribution in [2.75, 3.05) is 13.7 Å². The highest BCUT2D eigenvalue weighted by Crippen LogP contribution is 2.27. The lowest BCUT2D eigenvalue weighted by Gasteiger charge is -2.13. The van der Waals surface area contributed by atoms with Crippen LogP contribution in [-0.4, -0.2) is 19.7 Å². The fourth-order valence-electron chi connectivity index (χ4n) is 2.15. The molecule has 4 nitrogen and oxygen atoms in total. The van der Waals surface area contributed by atoms with Crippen LogP contribution in [0.2, 0.25) is 0 Å². The first-order chi connectivity index (χ1) is 10.7. The smallest absolute Gasteiger partial charge is 0.354 e. The van der Waals surface area contributed by atoms with Gasteiger partial charge in [0.25, 0.3) is 0 Å². The van der Waals surface area contributed by atoms with E-state index in [1.54, 1.807) is 14.0 Å². The maximum absolute atomic E-state index is 12.0. The zero-order chi connectivity index (χ0) is 15.9. The van der Waals surface area contributed by atoms with Crippen molar-refractivity contribution in [3.63, 3.8) is 0 Å². The molecular formula is C18H19NO3. The summed E-state index contributed by atoms with van der Waals surface area (Å²) in [5, 5.41) is 0. The standard InChI is InChI=1S/C18H19NO3/c1-3-22-18(20)17(19)16(13-7-5-4-6-8-13)14-9-11-15(21-2)12-10-14/h4-12H,3,19H2,1-2H3/b17-16-. The normalized spacial score (nSPS) is 11.5. The van der Waals surface area contributed by atoms with Crippen molar-refractivity contribution in [2.45, 2.75) is 6.92 Å². The number of hydrogen-bond acceptors (Lipinski definition) is 4. The lowest BCUT2D eigenvalue weighted by Crippen LogP contribution is -2.17. The van der Waals surface area contributed by atoms with E-state index in [-0.39, 0.29) is 12.3 Å². The molecule has 0 aliphatic heterocycles. The number of ether oxygens (including phenoxy) is 2. The van der Waals surface area contributed by atoms with Crippen LogP contribution < -0.4 is 10.5 Å². The highest BCUT2D eigenvalue weighted by Gasteiger charge is 2.16. The Morgan fingerprint density at radius 3 is 2.14 bits per heavy atom. The first-order valence-corrected chi connectivity index (χ1v) is 7.04. The maximum atomic E-state index is 12.0. The number of nitrogens with two attached hydrogens (primary N) is 1. The van der Waals surface area contributed by atoms with E-state index in [0.717, 1.165) is 16.9 Å². The molecule has 0 unspecified atom stereocenters. The molecule has 2 aromatic rings. The van der Waals surface area contributed by atoms with Crippen molar-refractivity contribution in [1.82, 2.24) is 0 Å². The molecule has 2 aromatic carbocycles. The number of carbonyl (C=O) groups excluding carboxylic acids is 1. The predicted molar refractivity (Wildman–Crippen MR) is 86.3 cm³/mol. The molecule has 0 bridgehead atoms. The molecule has 0 aliphatic rings. The van der Waals surface area contributed by atoms with Crippen molar-refractivity contribution >= 4 is 11.5 Å². The number of benzene rings is 2. The van der Waals surface area contributed by atoms with Crippen LogP contribution in [0.25, 0.3) is 5.57 Å². The summed E-state index contributed by atoms with van der Waals surface area (Å²) in [6.07, 6.45) is 0. The van der Waals surface area contributed by atoms with Crippen molar-refractivity contribution in [1.29, 1.82) is 0 Å². The van der Waals surface area contributed by atoms with Crippen LogP contribution in [0.4, 0.5) is 0 Å². The SMILES string of the molecule is CCOC(=O)/C(N)=C(\c1ccccc1)c1ccc(OC)cc1. The van der Waals surface area contributed by atoms with E-state index in [2.05, 4.69) is 0 Å². The van der Waals surface area contributed by atoms with Gasteiger partial charge in [0.05, 0.1) is 13.7 Å². The minimum absolute atomic E-state index is 0.0956. The Morgan fingerprint density at radius 1 is 1.00 bits per heavy atom. The largest absolute Gasteiger partial charge is 0.497 e. The number of rotatable bonds is 5. The summed E-state index contributed by atoms with van der Waals surface area (Å²) in [6, 6.07) is 16.9. The summed E-state index contributed by atoms with van der Waals surface area (Å²) in [7, 11) is 1.61. The van der Waals surface area contributed by atoms with Crippen LogP contribution in [0.1, 0.15) is 18.1 Å². The summed E-state index contributed by atoms with van der Waals surface area (Å²) in [5.41, 5.74) is 8.50. The van der Waals surface area contributed by atoms with Crippen LogP contribution in [0.3, 0.4) is 0 Å². The Balaban J connectivity index is 2.54. The van der Waals surface area contributed by atoms with Crippen molar-refractivity contribution in [2.24, 2.45) is 5.73 Å². The number of carbonyl (C=O) groups is 1. The van der Waals surface area contributed by atoms with Gasteiger partial charge in [-0.2, -0.15) is 0 Å². The molecule has 0 saturated carbocycles. The third-order valence-electron chi connectivity index (χ3n) is 3.21. The molecule has 0 aromatic heterocycles. The van der Waals surface area contributed by atoms with Gasteiger partial charge in [-0.1, -0.05) is 42.5 Å². The average molecular weight is 297 g/mol. The molecule has 22 heavy (non-hydrogen) atoms. The summed E-state index contributed by atoms with van der Waals surface area (Å²) in [5.74, 6) is 0.225. The van der Waals surface area contributed by atoms with E-state index in [0.29, 0.717) is 5.57 Å². The second-order valence-corrected chi connectivity index (χ2v) is 4.60. The summed E-state index contributed by atoms with van der Waals surface area (Å²) < 4.78 is 10.2. The Bertz CT molecular complexity index is 660. The third-order valence-corrected chi connectivity index (χ3v) is 3.21. The molecule has 2 rings (SSSR count). The molecule has 0 aliphatic carbocycles. The van der Waals surface area contributed by atoms with E-state index >= 15 is 0 Å². The second-order valence-electron chi connectivity index (χ2n) is 4.60. The highest BCUT2D eigenvalue weighted by molar-refractivity contribution is 6.00. The van der Waals surface area contributed by atoms with Gasteiger partial charge in [-0.05, 0) is 30.2 Å². The van der Waals surface area contributed by atoms with Gasteiger partial charge in [0.2, 0.25) is 0 Å². The van der Waals surface area contributed by atoms with Gasteiger partial charge in [0.1, 0.15) is 11.4 Å². The second kappa shape index (κ2) is 7.31. The Kier molecular flexibility index (Phi) is 5.20. The third kappa shape index (κ3) is 3.47. The number of methoxy groups -OCH3 is 1. The minimum Gasteiger partial charge on any atom is -0.497 e. The number of hydrogen-bond donors (Lipinski definition) is 1. The summed E-state index contributed by atoms with van der Waals surface area (Å²) in [4.78, 5) is 12.0. The van der Waals surface area contributed by atoms with Gasteiger partial charge in [-0.3, -0.25) is 0 Å². The molecule has 0 heterocycles. The highest BCUT2D eigenvalue weighted by atomic mass is 16.5. The van der Waals surface area contributed by atoms with Crippen molar-refractivity contribution < 1.29 is 14.3 Å². The number of esters is 1. The van der Waals surface area contributed by atoms with E-state index in [1.165, 1.54) is 0 Å². The first kappa shape index (κ1) is 15.6. The molecular weight excluding hydrogens is 278 g/mol. The molecule has 4 heteroatoms. The molecule has 0 saturated heterocycles. The van der Waals surface area contributed by atoms with Crippen molar-refractivity contribution in [3.05, 3.63) is 71.4 Å². The quantitative estimate of drug-likeness (QED) is 0.681. The van der Waals surface area contributed by atoms with Gasteiger partial charge < -0.3 is 15.2 Å². The van der Waals surface area contributed by atoms with E-state index in [4.69, 9.17) is 15.2 Å². The fourth-order valence-corrected chi connectivity index (χ4v) is 2.15. The van der Waals surface area contributed by atoms with E-state index < -0.39 is 5.97 Å². The zero-order valence-corrected chi connectivity index (χ0v) is 12.7. The minimum atomic E-state index is -0.517. The maximum Gasteiger partial charge on any atom is 0.354 e. The molecule has 114 valence electrons. The van der Waals surface area contributed by atoms with Gasteiger partial charge in [-0.15, -0.1) is 0 Å². The Hall–Kier alpha value is -2.75. The molecule has 0 atom stereocenters. The Morgan fingerprint density at radius 2 is 1.59 bits per heavy atom. The van der Waals surface area contributed by atoms with Crippen molar-refractivity contribution in [3.8, 4) is 5.75 Å². The van der Waals surface area contributed by atoms with Gasteiger partial charge in [0.15, 0.2) is 0 Å². The van der Waals surface area contributed by atoms with Gasteiger partial charge >= 0.3 is 5.97 Å². The molecule has 0 spiro atoms. The fraction of sp³-hybridized carbons (Fsp3) is 0.167. The predicted octanol–water partition coefficient (Wildman–Crippen LogP) is 2.98. The zero-order valence-electron chi connectivity index (χ0n) is 12.7. The van der Waals surface area contributed by atoms with Crippen LogP contribution in [0, 0.1) is 0 Å². The molecule has 0 fully saturated rings. The molecule has 0 radical (unpaired) electrons. The van der Waals surface area contributed by atoms with Crippen LogP contribution in [-0.2, 0) is 9.53 Å². The monoisotopic (exact) mass is 297 g/mol. The lowest BCUT2D eigenvalue weighted by molar-refractivity contribution is -0.138. The van der Waals surface area contributed by atoms with Crippen LogP contribution in [0.5, 0.6) is 5.75 Å². The molecule has 0 amide bonds. The average Bonchev–Trinajstić information content (AvgIpc) is 2.57. The Labute approximate surface area is 130 Å². The lowest BCUT2D eigenvalue weighted by atomic mass is 9.96.